The number of amides is 3. The minimum atomic E-state index is -0.316. The predicted octanol–water partition coefficient (Wildman–Crippen LogP) is 4.10. The monoisotopic (exact) mass is 447 g/mol. The molecule has 4 rings (SSSR count). The predicted molar refractivity (Wildman–Crippen MR) is 130 cm³/mol. The Balaban J connectivity index is 1.32. The maximum absolute atomic E-state index is 13.1. The van der Waals surface area contributed by atoms with E-state index >= 15 is 0 Å². The fourth-order valence-electron chi connectivity index (χ4n) is 4.89. The SMILES string of the molecule is CCc1cccc(C)c1NC(=O)C1CCN(C(=O)[C@H]2CC(=O)N(c3ccc(C)cc3)C2)CC1. The smallest absolute Gasteiger partial charge is 0.228 e. The zero-order valence-corrected chi connectivity index (χ0v) is 19.8. The molecule has 2 aliphatic heterocycles. The number of nitrogens with one attached hydrogen (secondary N) is 1. The van der Waals surface area contributed by atoms with Crippen LogP contribution in [0.4, 0.5) is 11.4 Å². The van der Waals surface area contributed by atoms with Crippen LogP contribution in [0.3, 0.4) is 0 Å². The number of rotatable bonds is 5. The molecule has 0 spiro atoms. The maximum atomic E-state index is 13.1. The molecule has 174 valence electrons. The first-order valence-corrected chi connectivity index (χ1v) is 11.9. The van der Waals surface area contributed by atoms with Crippen molar-refractivity contribution in [3.05, 3.63) is 59.2 Å². The van der Waals surface area contributed by atoms with E-state index < -0.39 is 0 Å². The van der Waals surface area contributed by atoms with Gasteiger partial charge in [0.05, 0.1) is 5.92 Å². The molecular formula is C27H33N3O3. The van der Waals surface area contributed by atoms with Crippen LogP contribution in [0.2, 0.25) is 0 Å². The quantitative estimate of drug-likeness (QED) is 0.750. The Morgan fingerprint density at radius 3 is 2.36 bits per heavy atom. The number of nitrogens with zero attached hydrogens (tertiary/aromatic N) is 2. The normalized spacial score (nSPS) is 19.1. The van der Waals surface area contributed by atoms with Gasteiger partial charge in [0.2, 0.25) is 17.7 Å². The number of hydrogen-bond acceptors (Lipinski definition) is 3. The summed E-state index contributed by atoms with van der Waals surface area (Å²) in [5.74, 6) is -0.357. The van der Waals surface area contributed by atoms with Gasteiger partial charge >= 0.3 is 0 Å². The van der Waals surface area contributed by atoms with Crippen molar-refractivity contribution in [1.82, 2.24) is 4.90 Å². The molecule has 0 aliphatic carbocycles. The Kier molecular flexibility index (Phi) is 6.82. The van der Waals surface area contributed by atoms with Crippen LogP contribution in [0.5, 0.6) is 0 Å². The van der Waals surface area contributed by atoms with E-state index in [0.29, 0.717) is 32.5 Å². The summed E-state index contributed by atoms with van der Waals surface area (Å²) in [4.78, 5) is 42.2. The van der Waals surface area contributed by atoms with E-state index in [0.717, 1.165) is 34.5 Å². The first kappa shape index (κ1) is 23.0. The zero-order valence-electron chi connectivity index (χ0n) is 19.8. The van der Waals surface area contributed by atoms with E-state index in [9.17, 15) is 14.4 Å². The highest BCUT2D eigenvalue weighted by atomic mass is 16.2. The number of hydrogen-bond donors (Lipinski definition) is 1. The molecule has 1 atom stereocenters. The Labute approximate surface area is 196 Å². The maximum Gasteiger partial charge on any atom is 0.228 e. The van der Waals surface area contributed by atoms with Gasteiger partial charge in [0.15, 0.2) is 0 Å². The molecule has 0 bridgehead atoms. The van der Waals surface area contributed by atoms with Crippen molar-refractivity contribution in [2.75, 3.05) is 29.9 Å². The molecular weight excluding hydrogens is 414 g/mol. The first-order valence-electron chi connectivity index (χ1n) is 11.9. The van der Waals surface area contributed by atoms with Crippen molar-refractivity contribution >= 4 is 29.1 Å². The molecule has 2 aromatic carbocycles. The van der Waals surface area contributed by atoms with Crippen LogP contribution in [-0.2, 0) is 20.8 Å². The second kappa shape index (κ2) is 9.77. The van der Waals surface area contributed by atoms with Crippen LogP contribution in [0.25, 0.3) is 0 Å². The topological polar surface area (TPSA) is 69.7 Å². The summed E-state index contributed by atoms with van der Waals surface area (Å²) in [7, 11) is 0. The molecule has 2 fully saturated rings. The molecule has 33 heavy (non-hydrogen) atoms. The summed E-state index contributed by atoms with van der Waals surface area (Å²) >= 11 is 0. The second-order valence-corrected chi connectivity index (χ2v) is 9.29. The van der Waals surface area contributed by atoms with E-state index in [1.54, 1.807) is 4.90 Å². The summed E-state index contributed by atoms with van der Waals surface area (Å²) in [5, 5.41) is 3.14. The Bertz CT molecular complexity index is 1040. The average Bonchev–Trinajstić information content (AvgIpc) is 3.22. The third kappa shape index (κ3) is 4.95. The number of aryl methyl sites for hydroxylation is 3. The zero-order chi connectivity index (χ0) is 23.5. The van der Waals surface area contributed by atoms with Crippen molar-refractivity contribution in [3.8, 4) is 0 Å². The van der Waals surface area contributed by atoms with E-state index in [2.05, 4.69) is 12.2 Å². The van der Waals surface area contributed by atoms with Gasteiger partial charge in [-0.05, 0) is 56.4 Å². The minimum absolute atomic E-state index is 0.00331. The molecule has 2 aliphatic rings. The fraction of sp³-hybridized carbons (Fsp3) is 0.444. The Morgan fingerprint density at radius 2 is 1.70 bits per heavy atom. The highest BCUT2D eigenvalue weighted by molar-refractivity contribution is 6.00. The third-order valence-electron chi connectivity index (χ3n) is 6.99. The molecule has 1 N–H and O–H groups in total. The number of para-hydroxylation sites is 1. The summed E-state index contributed by atoms with van der Waals surface area (Å²) in [6.45, 7) is 7.64. The summed E-state index contributed by atoms with van der Waals surface area (Å²) in [5.41, 5.74) is 5.11. The molecule has 2 heterocycles. The van der Waals surface area contributed by atoms with Crippen molar-refractivity contribution in [3.63, 3.8) is 0 Å². The van der Waals surface area contributed by atoms with Crippen molar-refractivity contribution in [2.45, 2.75) is 46.5 Å². The highest BCUT2D eigenvalue weighted by Gasteiger charge is 2.38. The number of benzene rings is 2. The molecule has 2 aromatic rings. The Morgan fingerprint density at radius 1 is 1.00 bits per heavy atom. The first-order chi connectivity index (χ1) is 15.9. The van der Waals surface area contributed by atoms with Gasteiger partial charge in [-0.15, -0.1) is 0 Å². The van der Waals surface area contributed by atoms with E-state index in [4.69, 9.17) is 0 Å². The second-order valence-electron chi connectivity index (χ2n) is 9.29. The van der Waals surface area contributed by atoms with Crippen LogP contribution in [0.1, 0.15) is 42.9 Å². The molecule has 0 radical (unpaired) electrons. The van der Waals surface area contributed by atoms with Gasteiger partial charge in [-0.1, -0.05) is 42.8 Å². The number of anilines is 2. The van der Waals surface area contributed by atoms with Crippen molar-refractivity contribution in [2.24, 2.45) is 11.8 Å². The largest absolute Gasteiger partial charge is 0.342 e. The van der Waals surface area contributed by atoms with Crippen LogP contribution in [-0.4, -0.2) is 42.3 Å². The molecule has 2 saturated heterocycles. The Hall–Kier alpha value is -3.15. The summed E-state index contributed by atoms with van der Waals surface area (Å²) in [6.07, 6.45) is 2.41. The molecule has 6 heteroatoms. The third-order valence-corrected chi connectivity index (χ3v) is 6.99. The average molecular weight is 448 g/mol. The van der Waals surface area contributed by atoms with Crippen molar-refractivity contribution in [1.29, 1.82) is 0 Å². The van der Waals surface area contributed by atoms with Gasteiger partial charge in [-0.2, -0.15) is 0 Å². The molecule has 0 aromatic heterocycles. The minimum Gasteiger partial charge on any atom is -0.342 e. The summed E-state index contributed by atoms with van der Waals surface area (Å²) < 4.78 is 0. The number of likely N-dealkylation sites (tertiary alicyclic amines) is 1. The van der Waals surface area contributed by atoms with Gasteiger partial charge in [0.25, 0.3) is 0 Å². The van der Waals surface area contributed by atoms with Crippen LogP contribution in [0.15, 0.2) is 42.5 Å². The number of piperidine rings is 1. The highest BCUT2D eigenvalue weighted by Crippen LogP contribution is 2.29. The lowest BCUT2D eigenvalue weighted by atomic mass is 9.94. The van der Waals surface area contributed by atoms with E-state index in [1.807, 2.05) is 61.2 Å². The lowest BCUT2D eigenvalue weighted by Crippen LogP contribution is -2.44. The van der Waals surface area contributed by atoms with Crippen LogP contribution >= 0.6 is 0 Å². The fourth-order valence-corrected chi connectivity index (χ4v) is 4.89. The van der Waals surface area contributed by atoms with E-state index in [-0.39, 0.29) is 36.0 Å². The van der Waals surface area contributed by atoms with Gasteiger partial charge in [-0.25, -0.2) is 0 Å². The van der Waals surface area contributed by atoms with Crippen molar-refractivity contribution < 1.29 is 14.4 Å². The molecule has 0 unspecified atom stereocenters. The summed E-state index contributed by atoms with van der Waals surface area (Å²) in [6, 6.07) is 13.9. The lowest BCUT2D eigenvalue weighted by Gasteiger charge is -2.33. The van der Waals surface area contributed by atoms with Crippen LogP contribution in [0, 0.1) is 25.7 Å². The molecule has 3 amide bonds. The van der Waals surface area contributed by atoms with Gasteiger partial charge in [-0.3, -0.25) is 14.4 Å². The standard InChI is InChI=1S/C27H33N3O3/c1-4-20-7-5-6-19(3)25(20)28-26(32)21-12-14-29(15-13-21)27(33)22-16-24(31)30(17-22)23-10-8-18(2)9-11-23/h5-11,21-22H,4,12-17H2,1-3H3,(H,28,32)/t22-/m0/s1. The van der Waals surface area contributed by atoms with Gasteiger partial charge in [0, 0.05) is 43.3 Å². The van der Waals surface area contributed by atoms with E-state index in [1.165, 1.54) is 0 Å². The number of carbonyl (C=O) groups is 3. The molecule has 6 nitrogen and oxygen atoms in total. The number of carbonyl (C=O) groups excluding carboxylic acids is 3. The molecule has 0 saturated carbocycles. The van der Waals surface area contributed by atoms with Gasteiger partial charge < -0.3 is 15.1 Å². The van der Waals surface area contributed by atoms with Crippen LogP contribution < -0.4 is 10.2 Å². The van der Waals surface area contributed by atoms with Gasteiger partial charge in [0.1, 0.15) is 0 Å². The lowest BCUT2D eigenvalue weighted by molar-refractivity contribution is -0.138.